The Kier molecular flexibility index (Phi) is 3.95. The van der Waals surface area contributed by atoms with Gasteiger partial charge in [-0.15, -0.1) is 10.6 Å². The van der Waals surface area contributed by atoms with Gasteiger partial charge in [0.15, 0.2) is 5.65 Å². The quantitative estimate of drug-likeness (QED) is 0.418. The van der Waals surface area contributed by atoms with Crippen molar-refractivity contribution in [2.24, 2.45) is 0 Å². The van der Waals surface area contributed by atoms with Crippen LogP contribution in [0.15, 0.2) is 36.4 Å². The van der Waals surface area contributed by atoms with Gasteiger partial charge in [0.25, 0.3) is 0 Å². The fourth-order valence-electron chi connectivity index (χ4n) is 3.63. The average Bonchev–Trinajstić information content (AvgIpc) is 3.30. The highest BCUT2D eigenvalue weighted by Crippen LogP contribution is 2.29. The number of aromatic nitrogens is 3. The number of aliphatic hydroxyl groups excluding tert-OH is 1. The first kappa shape index (κ1) is 16.2. The third kappa shape index (κ3) is 3.22. The lowest BCUT2D eigenvalue weighted by atomic mass is 9.93. The monoisotopic (exact) mass is 366 g/mol. The maximum Gasteiger partial charge on any atom is 0.247 e. The second kappa shape index (κ2) is 6.60. The molecule has 140 valence electrons. The van der Waals surface area contributed by atoms with E-state index in [1.54, 1.807) is 0 Å². The van der Waals surface area contributed by atoms with Crippen LogP contribution >= 0.6 is 0 Å². The Morgan fingerprint density at radius 3 is 2.78 bits per heavy atom. The molecular weight excluding hydrogens is 344 g/mol. The van der Waals surface area contributed by atoms with Crippen molar-refractivity contribution in [1.29, 1.82) is 0 Å². The Hall–Kier alpha value is -3.04. The first-order valence-corrected chi connectivity index (χ1v) is 9.23. The normalized spacial score (nSPS) is 21.4. The molecule has 2 aliphatic rings. The van der Waals surface area contributed by atoms with Crippen LogP contribution in [0.3, 0.4) is 0 Å². The molecule has 1 aliphatic heterocycles. The van der Waals surface area contributed by atoms with E-state index in [9.17, 15) is 5.11 Å². The molecule has 0 bridgehead atoms. The van der Waals surface area contributed by atoms with E-state index in [2.05, 4.69) is 37.1 Å². The molecule has 5 rings (SSSR count). The molecular formula is C18H22N8O. The highest BCUT2D eigenvalue weighted by molar-refractivity contribution is 5.77. The van der Waals surface area contributed by atoms with Crippen LogP contribution in [0.4, 0.5) is 28.8 Å². The van der Waals surface area contributed by atoms with Crippen LogP contribution in [0.1, 0.15) is 25.7 Å². The number of rotatable bonds is 4. The van der Waals surface area contributed by atoms with Crippen molar-refractivity contribution in [3.05, 3.63) is 36.4 Å². The standard InChI is InChI=1S/C18H22N8O/c27-13-7-4-11(5-8-13)19-16-2-1-3-17-21-18(24-26(16)17)20-12-6-9-14-15(10-12)23-25-22-14/h1-3,6,9-11,13,19,22-23,25,27H,4-5,7-8H2,(H,20,24)/t11-,13+. The molecule has 9 nitrogen and oxygen atoms in total. The summed E-state index contributed by atoms with van der Waals surface area (Å²) < 4.78 is 1.82. The molecule has 1 saturated carbocycles. The van der Waals surface area contributed by atoms with E-state index in [4.69, 9.17) is 0 Å². The van der Waals surface area contributed by atoms with Gasteiger partial charge in [0.05, 0.1) is 17.5 Å². The van der Waals surface area contributed by atoms with Gasteiger partial charge in [-0.2, -0.15) is 9.50 Å². The van der Waals surface area contributed by atoms with Crippen LogP contribution in [0.25, 0.3) is 5.65 Å². The van der Waals surface area contributed by atoms with Crippen molar-refractivity contribution < 1.29 is 5.11 Å². The van der Waals surface area contributed by atoms with Gasteiger partial charge < -0.3 is 26.6 Å². The zero-order valence-electron chi connectivity index (χ0n) is 14.7. The second-order valence-electron chi connectivity index (χ2n) is 7.03. The highest BCUT2D eigenvalue weighted by atomic mass is 16.3. The number of aliphatic hydroxyl groups is 1. The van der Waals surface area contributed by atoms with Crippen molar-refractivity contribution in [2.75, 3.05) is 21.5 Å². The van der Waals surface area contributed by atoms with E-state index in [-0.39, 0.29) is 6.10 Å². The molecule has 27 heavy (non-hydrogen) atoms. The molecule has 0 amide bonds. The number of hydrazine groups is 2. The molecule has 1 aromatic carbocycles. The van der Waals surface area contributed by atoms with Crippen LogP contribution in [-0.4, -0.2) is 31.9 Å². The summed E-state index contributed by atoms with van der Waals surface area (Å²) in [7, 11) is 0. The summed E-state index contributed by atoms with van der Waals surface area (Å²) in [4.78, 5) is 4.58. The second-order valence-corrected chi connectivity index (χ2v) is 7.03. The fourth-order valence-corrected chi connectivity index (χ4v) is 3.63. The number of benzene rings is 1. The van der Waals surface area contributed by atoms with E-state index in [1.807, 2.05) is 40.9 Å². The Bertz CT molecular complexity index is 963. The molecule has 1 fully saturated rings. The molecule has 1 aliphatic carbocycles. The van der Waals surface area contributed by atoms with E-state index in [0.29, 0.717) is 12.0 Å². The van der Waals surface area contributed by atoms with Gasteiger partial charge >= 0.3 is 0 Å². The van der Waals surface area contributed by atoms with Crippen LogP contribution in [0.2, 0.25) is 0 Å². The molecule has 0 atom stereocenters. The molecule has 0 spiro atoms. The van der Waals surface area contributed by atoms with Gasteiger partial charge in [0, 0.05) is 11.7 Å². The average molecular weight is 366 g/mol. The van der Waals surface area contributed by atoms with Crippen molar-refractivity contribution >= 4 is 34.5 Å². The van der Waals surface area contributed by atoms with Crippen molar-refractivity contribution in [1.82, 2.24) is 20.1 Å². The lowest BCUT2D eigenvalue weighted by Crippen LogP contribution is -2.29. The minimum Gasteiger partial charge on any atom is -0.393 e. The van der Waals surface area contributed by atoms with E-state index >= 15 is 0 Å². The van der Waals surface area contributed by atoms with Gasteiger partial charge in [-0.05, 0) is 56.0 Å². The molecule has 9 heteroatoms. The smallest absolute Gasteiger partial charge is 0.247 e. The number of hydrogen-bond acceptors (Lipinski definition) is 8. The molecule has 0 radical (unpaired) electrons. The minimum atomic E-state index is -0.159. The number of hydrogen-bond donors (Lipinski definition) is 6. The van der Waals surface area contributed by atoms with Gasteiger partial charge in [0.1, 0.15) is 5.82 Å². The fraction of sp³-hybridized carbons (Fsp3) is 0.333. The largest absolute Gasteiger partial charge is 0.393 e. The summed E-state index contributed by atoms with van der Waals surface area (Å²) in [5.74, 6) is 1.46. The van der Waals surface area contributed by atoms with Crippen molar-refractivity contribution in [3.63, 3.8) is 0 Å². The summed E-state index contributed by atoms with van der Waals surface area (Å²) >= 11 is 0. The minimum absolute atomic E-state index is 0.159. The Balaban J connectivity index is 1.37. The first-order chi connectivity index (χ1) is 13.2. The Morgan fingerprint density at radius 2 is 1.89 bits per heavy atom. The number of fused-ring (bicyclic) bond motifs is 2. The maximum atomic E-state index is 9.69. The van der Waals surface area contributed by atoms with Crippen molar-refractivity contribution in [2.45, 2.75) is 37.8 Å². The summed E-state index contributed by atoms with van der Waals surface area (Å²) in [6, 6.07) is 12.2. The van der Waals surface area contributed by atoms with Gasteiger partial charge in [0.2, 0.25) is 5.95 Å². The zero-order chi connectivity index (χ0) is 18.2. The molecule has 6 N–H and O–H groups in total. The van der Waals surface area contributed by atoms with E-state index in [0.717, 1.165) is 54.2 Å². The van der Waals surface area contributed by atoms with Gasteiger partial charge in [-0.3, -0.25) is 0 Å². The lowest BCUT2D eigenvalue weighted by Gasteiger charge is -2.26. The predicted molar refractivity (Wildman–Crippen MR) is 105 cm³/mol. The SMILES string of the molecule is O[C@H]1CC[C@@H](Nc2cccc3nc(Nc4ccc5c(c4)NNN5)nn23)CC1. The maximum absolute atomic E-state index is 9.69. The third-order valence-electron chi connectivity index (χ3n) is 5.08. The molecule has 0 unspecified atom stereocenters. The van der Waals surface area contributed by atoms with Crippen LogP contribution < -0.4 is 27.0 Å². The number of nitrogens with one attached hydrogen (secondary N) is 5. The molecule has 2 aromatic heterocycles. The Morgan fingerprint density at radius 1 is 1.04 bits per heavy atom. The van der Waals surface area contributed by atoms with E-state index < -0.39 is 0 Å². The van der Waals surface area contributed by atoms with E-state index in [1.165, 1.54) is 0 Å². The molecule has 3 heterocycles. The number of nitrogens with zero attached hydrogens (tertiary/aromatic N) is 3. The van der Waals surface area contributed by atoms with Crippen LogP contribution in [0.5, 0.6) is 0 Å². The number of anilines is 5. The highest BCUT2D eigenvalue weighted by Gasteiger charge is 2.20. The zero-order valence-corrected chi connectivity index (χ0v) is 14.7. The lowest BCUT2D eigenvalue weighted by molar-refractivity contribution is 0.126. The first-order valence-electron chi connectivity index (χ1n) is 9.23. The summed E-state index contributed by atoms with van der Waals surface area (Å²) in [5.41, 5.74) is 12.5. The van der Waals surface area contributed by atoms with Crippen LogP contribution in [-0.2, 0) is 0 Å². The Labute approximate surface area is 156 Å². The van der Waals surface area contributed by atoms with Crippen LogP contribution in [0, 0.1) is 0 Å². The molecule has 0 saturated heterocycles. The molecule has 3 aromatic rings. The predicted octanol–water partition coefficient (Wildman–Crippen LogP) is 2.45. The van der Waals surface area contributed by atoms with Crippen molar-refractivity contribution in [3.8, 4) is 0 Å². The summed E-state index contributed by atoms with van der Waals surface area (Å²) in [5, 5.41) is 21.1. The number of pyridine rings is 1. The third-order valence-corrected chi connectivity index (χ3v) is 5.08. The topological polar surface area (TPSA) is 111 Å². The summed E-state index contributed by atoms with van der Waals surface area (Å²) in [6.45, 7) is 0. The van der Waals surface area contributed by atoms with Gasteiger partial charge in [-0.1, -0.05) is 6.07 Å². The van der Waals surface area contributed by atoms with Gasteiger partial charge in [-0.25, -0.2) is 0 Å². The summed E-state index contributed by atoms with van der Waals surface area (Å²) in [6.07, 6.45) is 3.44.